The van der Waals surface area contributed by atoms with Gasteiger partial charge in [0.25, 0.3) is 5.56 Å². The van der Waals surface area contributed by atoms with Gasteiger partial charge in [-0.15, -0.1) is 11.3 Å². The molecule has 3 aromatic heterocycles. The molecular formula is C25H19N3O5S. The number of pyridine rings is 1. The summed E-state index contributed by atoms with van der Waals surface area (Å²) in [7, 11) is 3.13. The summed E-state index contributed by atoms with van der Waals surface area (Å²) in [5, 5.41) is 2.44. The minimum Gasteiger partial charge on any atom is -0.493 e. The van der Waals surface area contributed by atoms with Crippen molar-refractivity contribution in [2.75, 3.05) is 14.2 Å². The molecule has 3 heterocycles. The highest BCUT2D eigenvalue weighted by Gasteiger charge is 2.17. The van der Waals surface area contributed by atoms with E-state index >= 15 is 0 Å². The maximum Gasteiger partial charge on any atom is 0.339 e. The molecule has 0 fully saturated rings. The fourth-order valence-electron chi connectivity index (χ4n) is 3.67. The maximum atomic E-state index is 13.1. The molecular weight excluding hydrogens is 454 g/mol. The third-order valence-corrected chi connectivity index (χ3v) is 6.08. The minimum atomic E-state index is -0.534. The second-order valence-corrected chi connectivity index (χ2v) is 8.23. The van der Waals surface area contributed by atoms with Crippen molar-refractivity contribution in [2.24, 2.45) is 0 Å². The van der Waals surface area contributed by atoms with Gasteiger partial charge in [0.2, 0.25) is 0 Å². The zero-order valence-corrected chi connectivity index (χ0v) is 19.2. The van der Waals surface area contributed by atoms with Gasteiger partial charge in [-0.25, -0.2) is 14.8 Å². The third-order valence-electron chi connectivity index (χ3n) is 5.32. The predicted octanol–water partition coefficient (Wildman–Crippen LogP) is 4.35. The molecule has 0 saturated carbocycles. The van der Waals surface area contributed by atoms with Crippen molar-refractivity contribution in [1.82, 2.24) is 14.4 Å². The predicted molar refractivity (Wildman–Crippen MR) is 129 cm³/mol. The highest BCUT2D eigenvalue weighted by Crippen LogP contribution is 2.33. The Morgan fingerprint density at radius 1 is 1.00 bits per heavy atom. The van der Waals surface area contributed by atoms with Crippen LogP contribution < -0.4 is 15.0 Å². The number of hydrogen-bond acceptors (Lipinski definition) is 8. The molecule has 0 aliphatic heterocycles. The van der Waals surface area contributed by atoms with E-state index < -0.39 is 5.97 Å². The van der Waals surface area contributed by atoms with Crippen molar-refractivity contribution in [3.63, 3.8) is 0 Å². The second-order valence-electron chi connectivity index (χ2n) is 7.36. The highest BCUT2D eigenvalue weighted by atomic mass is 32.1. The smallest absolute Gasteiger partial charge is 0.339 e. The van der Waals surface area contributed by atoms with E-state index in [1.165, 1.54) is 21.8 Å². The van der Waals surface area contributed by atoms with Crippen molar-refractivity contribution in [2.45, 2.75) is 6.61 Å². The van der Waals surface area contributed by atoms with Gasteiger partial charge in [-0.05, 0) is 30.3 Å². The Balaban J connectivity index is 1.50. The highest BCUT2D eigenvalue weighted by molar-refractivity contribution is 7.15. The van der Waals surface area contributed by atoms with E-state index in [-0.39, 0.29) is 12.2 Å². The molecule has 0 saturated heterocycles. The minimum absolute atomic E-state index is 0.120. The van der Waals surface area contributed by atoms with Crippen LogP contribution in [-0.2, 0) is 11.3 Å². The van der Waals surface area contributed by atoms with Crippen LogP contribution in [0.5, 0.6) is 11.5 Å². The molecule has 5 aromatic rings. The van der Waals surface area contributed by atoms with Crippen molar-refractivity contribution < 1.29 is 19.0 Å². The zero-order chi connectivity index (χ0) is 23.7. The number of methoxy groups -OCH3 is 2. The van der Waals surface area contributed by atoms with Gasteiger partial charge < -0.3 is 14.2 Å². The average molecular weight is 474 g/mol. The van der Waals surface area contributed by atoms with Gasteiger partial charge in [-0.2, -0.15) is 0 Å². The fraction of sp³-hybridized carbons (Fsp3) is 0.120. The summed E-state index contributed by atoms with van der Waals surface area (Å²) in [5.74, 6) is 0.617. The number of fused-ring (bicyclic) bond motifs is 2. The molecule has 0 amide bonds. The van der Waals surface area contributed by atoms with E-state index in [2.05, 4.69) is 4.98 Å². The number of thiazole rings is 1. The van der Waals surface area contributed by atoms with Gasteiger partial charge in [0.15, 0.2) is 16.5 Å². The Hall–Kier alpha value is -4.24. The number of para-hydroxylation sites is 1. The molecule has 0 unspecified atom stereocenters. The first-order valence-electron chi connectivity index (χ1n) is 10.3. The lowest BCUT2D eigenvalue weighted by molar-refractivity contribution is 0.0470. The van der Waals surface area contributed by atoms with Crippen LogP contribution in [0.3, 0.4) is 0 Å². The molecule has 170 valence electrons. The lowest BCUT2D eigenvalue weighted by atomic mass is 10.0. The molecule has 5 rings (SSSR count). The van der Waals surface area contributed by atoms with Gasteiger partial charge in [0.1, 0.15) is 6.61 Å². The number of benzene rings is 2. The van der Waals surface area contributed by atoms with Crippen LogP contribution in [0, 0.1) is 0 Å². The number of nitrogens with zero attached hydrogens (tertiary/aromatic N) is 3. The van der Waals surface area contributed by atoms with Crippen LogP contribution in [0.25, 0.3) is 27.1 Å². The summed E-state index contributed by atoms with van der Waals surface area (Å²) >= 11 is 1.34. The first-order chi connectivity index (χ1) is 16.6. The topological polar surface area (TPSA) is 92.0 Å². The van der Waals surface area contributed by atoms with Gasteiger partial charge in [0, 0.05) is 28.6 Å². The quantitative estimate of drug-likeness (QED) is 0.339. The Morgan fingerprint density at radius 2 is 1.82 bits per heavy atom. The number of carbonyl (C=O) groups is 1. The Labute approximate surface area is 198 Å². The van der Waals surface area contributed by atoms with E-state index in [9.17, 15) is 9.59 Å². The van der Waals surface area contributed by atoms with Gasteiger partial charge >= 0.3 is 5.97 Å². The lowest BCUT2D eigenvalue weighted by Crippen LogP contribution is -2.15. The maximum absolute atomic E-state index is 13.1. The number of hydrogen-bond donors (Lipinski definition) is 0. The van der Waals surface area contributed by atoms with Crippen molar-refractivity contribution in [1.29, 1.82) is 0 Å². The molecule has 0 bridgehead atoms. The van der Waals surface area contributed by atoms with Crippen LogP contribution >= 0.6 is 11.3 Å². The zero-order valence-electron chi connectivity index (χ0n) is 18.3. The normalized spacial score (nSPS) is 11.0. The summed E-state index contributed by atoms with van der Waals surface area (Å²) in [6.07, 6.45) is 1.66. The number of carbonyl (C=O) groups excluding carboxylic acids is 1. The molecule has 0 N–H and O–H groups in total. The molecule has 0 aliphatic rings. The molecule has 2 aromatic carbocycles. The van der Waals surface area contributed by atoms with E-state index in [1.54, 1.807) is 44.0 Å². The fourth-order valence-corrected chi connectivity index (χ4v) is 4.41. The van der Waals surface area contributed by atoms with Crippen LogP contribution in [0.4, 0.5) is 0 Å². The second kappa shape index (κ2) is 8.95. The number of ether oxygens (including phenoxy) is 3. The monoisotopic (exact) mass is 473 g/mol. The first kappa shape index (κ1) is 21.6. The van der Waals surface area contributed by atoms with Crippen LogP contribution in [0.15, 0.2) is 71.0 Å². The van der Waals surface area contributed by atoms with E-state index in [0.717, 1.165) is 5.56 Å². The summed E-state index contributed by atoms with van der Waals surface area (Å²) < 4.78 is 17.7. The molecule has 0 aliphatic carbocycles. The number of rotatable bonds is 6. The summed E-state index contributed by atoms with van der Waals surface area (Å²) in [5.41, 5.74) is 2.53. The molecule has 34 heavy (non-hydrogen) atoms. The van der Waals surface area contributed by atoms with Crippen molar-refractivity contribution >= 4 is 33.2 Å². The van der Waals surface area contributed by atoms with E-state index in [1.807, 2.05) is 30.3 Å². The SMILES string of the molecule is COc1ccc(-c2cc(C(=O)OCc3cc(=O)n4ccsc4n3)c3ccccc3n2)cc1OC. The molecule has 0 atom stereocenters. The third kappa shape index (κ3) is 3.97. The Bertz CT molecular complexity index is 1590. The average Bonchev–Trinajstić information content (AvgIpc) is 3.35. The summed E-state index contributed by atoms with van der Waals surface area (Å²) in [6.45, 7) is -0.120. The summed E-state index contributed by atoms with van der Waals surface area (Å²) in [6, 6.07) is 15.8. The van der Waals surface area contributed by atoms with Gasteiger partial charge in [-0.3, -0.25) is 9.20 Å². The first-order valence-corrected chi connectivity index (χ1v) is 11.2. The van der Waals surface area contributed by atoms with E-state index in [0.29, 0.717) is 44.3 Å². The standard InChI is InChI=1S/C25H19N3O5S/c1-31-21-8-7-15(11-22(21)32-2)20-13-18(17-5-3-4-6-19(17)27-20)24(30)33-14-16-12-23(29)28-9-10-34-25(28)26-16/h3-13H,14H2,1-2H3. The van der Waals surface area contributed by atoms with Crippen LogP contribution in [0.1, 0.15) is 16.1 Å². The molecule has 9 heteroatoms. The van der Waals surface area contributed by atoms with Crippen molar-refractivity contribution in [3.8, 4) is 22.8 Å². The van der Waals surface area contributed by atoms with Crippen molar-refractivity contribution in [3.05, 3.63) is 87.8 Å². The molecule has 8 nitrogen and oxygen atoms in total. The van der Waals surface area contributed by atoms with Gasteiger partial charge in [0.05, 0.1) is 36.7 Å². The largest absolute Gasteiger partial charge is 0.493 e. The molecule has 0 spiro atoms. The Kier molecular flexibility index (Phi) is 5.69. The Morgan fingerprint density at radius 3 is 2.65 bits per heavy atom. The van der Waals surface area contributed by atoms with Crippen LogP contribution in [0.2, 0.25) is 0 Å². The number of esters is 1. The molecule has 0 radical (unpaired) electrons. The van der Waals surface area contributed by atoms with Gasteiger partial charge in [-0.1, -0.05) is 18.2 Å². The number of aromatic nitrogens is 3. The van der Waals surface area contributed by atoms with Crippen LogP contribution in [-0.4, -0.2) is 34.6 Å². The lowest BCUT2D eigenvalue weighted by Gasteiger charge is -2.12. The summed E-state index contributed by atoms with van der Waals surface area (Å²) in [4.78, 5) is 35.0. The van der Waals surface area contributed by atoms with E-state index in [4.69, 9.17) is 19.2 Å².